The molecule has 4 nitrogen and oxygen atoms in total. The Hall–Kier alpha value is 3.55. The SMILES string of the molecule is CCCC=C1[C@H](O)C[C@]2(O)C[C@H]1OC2=O.[Y].[Y].[Y].[Y]. The summed E-state index contributed by atoms with van der Waals surface area (Å²) in [6.07, 6.45) is 2.97. The van der Waals surface area contributed by atoms with Gasteiger partial charge in [0.2, 0.25) is 0 Å². The van der Waals surface area contributed by atoms with Crippen LogP contribution in [0.15, 0.2) is 11.6 Å². The number of carbonyl (C=O) groups is 1. The minimum Gasteiger partial charge on any atom is -0.455 e. The van der Waals surface area contributed by atoms with Crippen LogP contribution in [0.3, 0.4) is 0 Å². The number of aliphatic hydroxyl groups excluding tert-OH is 1. The molecule has 0 aromatic rings. The Morgan fingerprint density at radius 2 is 1.89 bits per heavy atom. The first-order chi connectivity index (χ1) is 7.07. The number of hydrogen-bond acceptors (Lipinski definition) is 4. The van der Waals surface area contributed by atoms with Crippen LogP contribution in [-0.2, 0) is 140 Å². The number of esters is 1. The van der Waals surface area contributed by atoms with Crippen LogP contribution in [0.1, 0.15) is 32.6 Å². The van der Waals surface area contributed by atoms with Crippen LogP contribution in [0.5, 0.6) is 0 Å². The van der Waals surface area contributed by atoms with Crippen LogP contribution in [0.25, 0.3) is 0 Å². The Balaban J connectivity index is -0.000000640. The minimum atomic E-state index is -1.45. The average Bonchev–Trinajstić information content (AvgIpc) is 2.39. The number of hydrogen-bond donors (Lipinski definition) is 2. The molecule has 96 valence electrons. The third-order valence-corrected chi connectivity index (χ3v) is 3.11. The number of carbonyl (C=O) groups excluding carboxylic acids is 1. The molecule has 8 heteroatoms. The first-order valence-corrected chi connectivity index (χ1v) is 5.38. The molecule has 2 N–H and O–H groups in total. The van der Waals surface area contributed by atoms with Gasteiger partial charge in [0.15, 0.2) is 5.60 Å². The number of rotatable bonds is 2. The topological polar surface area (TPSA) is 66.8 Å². The fourth-order valence-corrected chi connectivity index (χ4v) is 2.25. The van der Waals surface area contributed by atoms with Gasteiger partial charge < -0.3 is 14.9 Å². The standard InChI is InChI=1S/C11H16O4.4Y/c1-2-3-4-7-8(12)5-11(14)6-9(7)15-10(11)13;;;;/h4,8-9,12,14H,2-3,5-6H2,1H3;;;;/t8-,9-,11+;;;;/m1..../s1. The molecular formula is C11H16O4Y4. The number of fused-ring (bicyclic) bond motifs is 2. The number of ether oxygens (including phenoxy) is 1. The maximum Gasteiger partial charge on any atom is 0.338 e. The number of allylic oxidation sites excluding steroid dienone is 1. The van der Waals surface area contributed by atoms with Crippen LogP contribution in [0.2, 0.25) is 0 Å². The summed E-state index contributed by atoms with van der Waals surface area (Å²) in [7, 11) is 0. The van der Waals surface area contributed by atoms with Gasteiger partial charge in [-0.25, -0.2) is 4.79 Å². The second-order valence-corrected chi connectivity index (χ2v) is 4.34. The molecule has 2 aliphatic rings. The number of unbranched alkanes of at least 4 members (excludes halogenated alkanes) is 1. The van der Waals surface area contributed by atoms with Gasteiger partial charge in [-0.3, -0.25) is 0 Å². The van der Waals surface area contributed by atoms with E-state index in [-0.39, 0.29) is 137 Å². The summed E-state index contributed by atoms with van der Waals surface area (Å²) in [6.45, 7) is 2.04. The quantitative estimate of drug-likeness (QED) is 0.377. The zero-order valence-corrected chi connectivity index (χ0v) is 22.4. The van der Waals surface area contributed by atoms with Gasteiger partial charge in [-0.2, -0.15) is 0 Å². The first-order valence-electron chi connectivity index (χ1n) is 5.38. The summed E-state index contributed by atoms with van der Waals surface area (Å²) in [5.74, 6) is -0.591. The zero-order chi connectivity index (χ0) is 11.1. The van der Waals surface area contributed by atoms with Crippen molar-refractivity contribution in [3.8, 4) is 0 Å². The molecule has 4 radical (unpaired) electrons. The Kier molecular flexibility index (Phi) is 17.3. The van der Waals surface area contributed by atoms with Crippen molar-refractivity contribution >= 4 is 5.97 Å². The predicted octanol–water partition coefficient (Wildman–Crippen LogP) is 0.514. The van der Waals surface area contributed by atoms with Crippen molar-refractivity contribution in [3.63, 3.8) is 0 Å². The molecule has 1 aliphatic carbocycles. The number of aliphatic hydroxyl groups is 2. The van der Waals surface area contributed by atoms with E-state index in [2.05, 4.69) is 0 Å². The normalized spacial score (nSPS) is 33.2. The van der Waals surface area contributed by atoms with Crippen LogP contribution < -0.4 is 0 Å². The third kappa shape index (κ3) is 6.51. The van der Waals surface area contributed by atoms with Gasteiger partial charge in [-0.05, 0) is 12.0 Å². The molecule has 2 rings (SSSR count). The summed E-state index contributed by atoms with van der Waals surface area (Å²) < 4.78 is 5.05. The molecule has 0 spiro atoms. The van der Waals surface area contributed by atoms with Gasteiger partial charge in [0.05, 0.1) is 6.10 Å². The molecule has 1 saturated heterocycles. The molecule has 0 unspecified atom stereocenters. The van der Waals surface area contributed by atoms with Crippen molar-refractivity contribution in [2.45, 2.75) is 50.4 Å². The minimum absolute atomic E-state index is 0. The van der Waals surface area contributed by atoms with Crippen LogP contribution >= 0.6 is 0 Å². The van der Waals surface area contributed by atoms with Crippen molar-refractivity contribution in [3.05, 3.63) is 11.6 Å². The van der Waals surface area contributed by atoms with E-state index in [1.54, 1.807) is 0 Å². The maximum atomic E-state index is 11.3. The maximum absolute atomic E-state index is 11.3. The van der Waals surface area contributed by atoms with Crippen molar-refractivity contribution < 1.29 is 151 Å². The van der Waals surface area contributed by atoms with Crippen LogP contribution in [0.4, 0.5) is 0 Å². The van der Waals surface area contributed by atoms with Crippen LogP contribution in [-0.4, -0.2) is 34.0 Å². The Bertz CT molecular complexity index is 324. The molecule has 0 aromatic carbocycles. The Morgan fingerprint density at radius 1 is 1.32 bits per heavy atom. The van der Waals surface area contributed by atoms with Gasteiger partial charge in [-0.15, -0.1) is 0 Å². The van der Waals surface area contributed by atoms with Crippen molar-refractivity contribution in [2.75, 3.05) is 0 Å². The van der Waals surface area contributed by atoms with E-state index in [0.717, 1.165) is 18.4 Å². The van der Waals surface area contributed by atoms with Crippen LogP contribution in [0, 0.1) is 0 Å². The van der Waals surface area contributed by atoms with Gasteiger partial charge in [0, 0.05) is 144 Å². The van der Waals surface area contributed by atoms with E-state index >= 15 is 0 Å². The zero-order valence-electron chi connectivity index (χ0n) is 11.1. The largest absolute Gasteiger partial charge is 0.455 e. The fraction of sp³-hybridized carbons (Fsp3) is 0.727. The third-order valence-electron chi connectivity index (χ3n) is 3.11. The first kappa shape index (κ1) is 27.4. The predicted molar refractivity (Wildman–Crippen MR) is 53.1 cm³/mol. The molecule has 19 heavy (non-hydrogen) atoms. The molecule has 2 fully saturated rings. The summed E-state index contributed by atoms with van der Waals surface area (Å²) in [6, 6.07) is 0. The van der Waals surface area contributed by atoms with Crippen molar-refractivity contribution in [1.82, 2.24) is 0 Å². The Morgan fingerprint density at radius 3 is 2.42 bits per heavy atom. The smallest absolute Gasteiger partial charge is 0.338 e. The van der Waals surface area contributed by atoms with E-state index in [1.165, 1.54) is 0 Å². The molecular weight excluding hydrogens is 552 g/mol. The van der Waals surface area contributed by atoms with E-state index in [9.17, 15) is 15.0 Å². The van der Waals surface area contributed by atoms with E-state index < -0.39 is 23.8 Å². The van der Waals surface area contributed by atoms with Crippen molar-refractivity contribution in [1.29, 1.82) is 0 Å². The summed E-state index contributed by atoms with van der Waals surface area (Å²) >= 11 is 0. The Labute approximate surface area is 214 Å². The average molecular weight is 568 g/mol. The summed E-state index contributed by atoms with van der Waals surface area (Å²) in [5, 5.41) is 19.6. The molecule has 1 heterocycles. The van der Waals surface area contributed by atoms with Crippen molar-refractivity contribution in [2.24, 2.45) is 0 Å². The molecule has 0 aromatic heterocycles. The van der Waals surface area contributed by atoms with Gasteiger partial charge in [0.1, 0.15) is 6.10 Å². The monoisotopic (exact) mass is 568 g/mol. The second kappa shape index (κ2) is 12.0. The van der Waals surface area contributed by atoms with Gasteiger partial charge in [0.25, 0.3) is 0 Å². The van der Waals surface area contributed by atoms with E-state index in [4.69, 9.17) is 4.74 Å². The molecule has 1 saturated carbocycles. The molecule has 2 bridgehead atoms. The summed E-state index contributed by atoms with van der Waals surface area (Å²) in [4.78, 5) is 11.3. The molecule has 3 atom stereocenters. The molecule has 0 amide bonds. The van der Waals surface area contributed by atoms with Gasteiger partial charge in [-0.1, -0.05) is 19.4 Å². The van der Waals surface area contributed by atoms with E-state index in [1.807, 2.05) is 13.0 Å². The fourth-order valence-electron chi connectivity index (χ4n) is 2.25. The second-order valence-electron chi connectivity index (χ2n) is 4.34. The van der Waals surface area contributed by atoms with Gasteiger partial charge >= 0.3 is 5.97 Å². The summed E-state index contributed by atoms with van der Waals surface area (Å²) in [5.41, 5.74) is -0.694. The molecule has 1 aliphatic heterocycles. The van der Waals surface area contributed by atoms with E-state index in [0.29, 0.717) is 6.42 Å².